The lowest BCUT2D eigenvalue weighted by atomic mass is 10.7. The van der Waals surface area contributed by atoms with Crippen molar-refractivity contribution in [1.29, 1.82) is 0 Å². The first-order valence-electron chi connectivity index (χ1n) is 1.85. The summed E-state index contributed by atoms with van der Waals surface area (Å²) in [5.41, 5.74) is 3.16. The summed E-state index contributed by atoms with van der Waals surface area (Å²) in [5.74, 6) is 0.560. The van der Waals surface area contributed by atoms with Gasteiger partial charge in [0.05, 0.1) is 0 Å². The minimum absolute atomic E-state index is 0.377. The van der Waals surface area contributed by atoms with Crippen LogP contribution in [0, 0.1) is 0 Å². The molecule has 4 heteroatoms. The van der Waals surface area contributed by atoms with Crippen molar-refractivity contribution in [2.75, 3.05) is 0 Å². The van der Waals surface area contributed by atoms with Crippen molar-refractivity contribution in [1.82, 2.24) is 10.7 Å². The summed E-state index contributed by atoms with van der Waals surface area (Å²) < 4.78 is 0. The van der Waals surface area contributed by atoms with E-state index in [1.807, 2.05) is 0 Å². The summed E-state index contributed by atoms with van der Waals surface area (Å²) in [7, 11) is 0. The maximum absolute atomic E-state index is 10.1. The zero-order valence-corrected chi connectivity index (χ0v) is 3.80. The standard InChI is InChI=1S/C3H4N3O/c1-2-4-3(7)6-5-2/h1H3,(H,4,5,7). The van der Waals surface area contributed by atoms with Gasteiger partial charge in [-0.1, -0.05) is 5.43 Å². The lowest BCUT2D eigenvalue weighted by Gasteiger charge is -1.81. The van der Waals surface area contributed by atoms with Gasteiger partial charge in [0, 0.05) is 0 Å². The molecule has 7 heavy (non-hydrogen) atoms. The zero-order valence-electron chi connectivity index (χ0n) is 3.80. The predicted molar refractivity (Wildman–Crippen MR) is 23.8 cm³/mol. The molecule has 0 aromatic rings. The second kappa shape index (κ2) is 1.22. The summed E-state index contributed by atoms with van der Waals surface area (Å²) in [6.45, 7) is 1.67. The molecular formula is C3H4N3O. The first-order chi connectivity index (χ1) is 3.29. The average molecular weight is 98.1 g/mol. The summed E-state index contributed by atoms with van der Waals surface area (Å²) in [6, 6.07) is -0.377. The number of urea groups is 1. The van der Waals surface area contributed by atoms with Gasteiger partial charge in [-0.15, -0.1) is 5.10 Å². The summed E-state index contributed by atoms with van der Waals surface area (Å²) in [4.78, 5) is 10.1. The Morgan fingerprint density at radius 2 is 2.43 bits per heavy atom. The van der Waals surface area contributed by atoms with Crippen LogP contribution in [-0.4, -0.2) is 11.9 Å². The van der Waals surface area contributed by atoms with E-state index < -0.39 is 0 Å². The van der Waals surface area contributed by atoms with Crippen molar-refractivity contribution in [3.05, 3.63) is 0 Å². The van der Waals surface area contributed by atoms with Crippen molar-refractivity contribution in [2.24, 2.45) is 5.10 Å². The minimum atomic E-state index is -0.377. The Balaban J connectivity index is 2.58. The van der Waals surface area contributed by atoms with E-state index in [1.165, 1.54) is 0 Å². The highest BCUT2D eigenvalue weighted by molar-refractivity contribution is 5.99. The summed E-state index contributed by atoms with van der Waals surface area (Å²) >= 11 is 0. The number of rotatable bonds is 0. The molecule has 1 radical (unpaired) electrons. The van der Waals surface area contributed by atoms with Crippen LogP contribution in [0.15, 0.2) is 5.10 Å². The largest absolute Gasteiger partial charge is 0.365 e. The Morgan fingerprint density at radius 1 is 1.71 bits per heavy atom. The quantitative estimate of drug-likeness (QED) is 0.442. The molecule has 0 bridgehead atoms. The molecule has 0 aromatic heterocycles. The normalized spacial score (nSPS) is 17.9. The Labute approximate surface area is 40.6 Å². The van der Waals surface area contributed by atoms with E-state index >= 15 is 0 Å². The molecule has 0 fully saturated rings. The van der Waals surface area contributed by atoms with Crippen LogP contribution in [0.25, 0.3) is 0 Å². The molecule has 1 aliphatic rings. The summed E-state index contributed by atoms with van der Waals surface area (Å²) in [5, 5.41) is 5.76. The smallest absolute Gasteiger partial charge is 0.291 e. The number of hydrogen-bond donors (Lipinski definition) is 1. The van der Waals surface area contributed by atoms with Gasteiger partial charge in [0.15, 0.2) is 0 Å². The van der Waals surface area contributed by atoms with Crippen molar-refractivity contribution in [2.45, 2.75) is 6.92 Å². The van der Waals surface area contributed by atoms with E-state index in [9.17, 15) is 4.79 Å². The number of carbonyl (C=O) groups excluding carboxylic acids is 1. The van der Waals surface area contributed by atoms with E-state index in [4.69, 9.17) is 0 Å². The van der Waals surface area contributed by atoms with Gasteiger partial charge in [-0.25, -0.2) is 4.79 Å². The van der Waals surface area contributed by atoms with Gasteiger partial charge in [0.1, 0.15) is 5.84 Å². The second-order valence-electron chi connectivity index (χ2n) is 1.22. The van der Waals surface area contributed by atoms with Crippen LogP contribution in [0.1, 0.15) is 6.92 Å². The van der Waals surface area contributed by atoms with Crippen LogP contribution in [0.5, 0.6) is 0 Å². The molecule has 2 amide bonds. The number of hydrogen-bond acceptors (Lipinski definition) is 2. The highest BCUT2D eigenvalue weighted by Gasteiger charge is 2.08. The number of amides is 2. The van der Waals surface area contributed by atoms with E-state index in [0.717, 1.165) is 0 Å². The lowest BCUT2D eigenvalue weighted by Crippen LogP contribution is -2.22. The van der Waals surface area contributed by atoms with E-state index in [1.54, 1.807) is 6.92 Å². The minimum Gasteiger partial charge on any atom is -0.291 e. The van der Waals surface area contributed by atoms with Gasteiger partial charge >= 0.3 is 6.03 Å². The van der Waals surface area contributed by atoms with Gasteiger partial charge in [0.2, 0.25) is 0 Å². The zero-order chi connectivity index (χ0) is 5.28. The molecule has 0 saturated carbocycles. The summed E-state index contributed by atoms with van der Waals surface area (Å²) in [6.07, 6.45) is 0. The molecule has 1 heterocycles. The molecule has 1 aliphatic heterocycles. The van der Waals surface area contributed by atoms with Crippen molar-refractivity contribution >= 4 is 11.9 Å². The maximum atomic E-state index is 10.1. The molecule has 4 nitrogen and oxygen atoms in total. The number of amidine groups is 1. The molecule has 0 atom stereocenters. The van der Waals surface area contributed by atoms with Crippen LogP contribution < -0.4 is 10.7 Å². The molecule has 1 rings (SSSR count). The average Bonchev–Trinajstić information content (AvgIpc) is 1.87. The molecule has 0 spiro atoms. The highest BCUT2D eigenvalue weighted by atomic mass is 16.2. The number of carbonyl (C=O) groups is 1. The fourth-order valence-corrected chi connectivity index (χ4v) is 0.325. The van der Waals surface area contributed by atoms with E-state index in [-0.39, 0.29) is 6.03 Å². The van der Waals surface area contributed by atoms with Gasteiger partial charge < -0.3 is 0 Å². The SMILES string of the molecule is CC1=N[N]C(=O)N1. The molecule has 0 aliphatic carbocycles. The number of nitrogens with zero attached hydrogens (tertiary/aromatic N) is 2. The van der Waals surface area contributed by atoms with Crippen LogP contribution in [-0.2, 0) is 0 Å². The van der Waals surface area contributed by atoms with Crippen molar-refractivity contribution in [3.8, 4) is 0 Å². The van der Waals surface area contributed by atoms with Crippen molar-refractivity contribution in [3.63, 3.8) is 0 Å². The topological polar surface area (TPSA) is 55.6 Å². The van der Waals surface area contributed by atoms with Gasteiger partial charge in [-0.2, -0.15) is 0 Å². The highest BCUT2D eigenvalue weighted by Crippen LogP contribution is 1.80. The van der Waals surface area contributed by atoms with Crippen LogP contribution in [0.2, 0.25) is 0 Å². The van der Waals surface area contributed by atoms with Crippen LogP contribution >= 0.6 is 0 Å². The molecule has 0 aromatic carbocycles. The van der Waals surface area contributed by atoms with Crippen LogP contribution in [0.3, 0.4) is 0 Å². The maximum Gasteiger partial charge on any atom is 0.365 e. The fourth-order valence-electron chi connectivity index (χ4n) is 0.325. The molecule has 37 valence electrons. The molecular weight excluding hydrogens is 94.1 g/mol. The van der Waals surface area contributed by atoms with Gasteiger partial charge in [-0.05, 0) is 6.92 Å². The Morgan fingerprint density at radius 3 is 2.57 bits per heavy atom. The van der Waals surface area contributed by atoms with Gasteiger partial charge in [0.25, 0.3) is 0 Å². The fraction of sp³-hybridized carbons (Fsp3) is 0.333. The van der Waals surface area contributed by atoms with E-state index in [0.29, 0.717) is 5.84 Å². The first kappa shape index (κ1) is 4.11. The third kappa shape index (κ3) is 0.677. The molecule has 0 saturated heterocycles. The third-order valence-electron chi connectivity index (χ3n) is 0.579. The second-order valence-corrected chi connectivity index (χ2v) is 1.22. The monoisotopic (exact) mass is 98.0 g/mol. The molecule has 1 N–H and O–H groups in total. The van der Waals surface area contributed by atoms with Crippen LogP contribution in [0.4, 0.5) is 4.79 Å². The third-order valence-corrected chi connectivity index (χ3v) is 0.579. The van der Waals surface area contributed by atoms with E-state index in [2.05, 4.69) is 15.8 Å². The Bertz CT molecular complexity index is 128. The Hall–Kier alpha value is -1.06. The number of nitrogens with one attached hydrogen (secondary N) is 1. The Kier molecular flexibility index (Phi) is 0.714. The van der Waals surface area contributed by atoms with Gasteiger partial charge in [-0.3, -0.25) is 5.32 Å². The lowest BCUT2D eigenvalue weighted by molar-refractivity contribution is 0.247. The predicted octanol–water partition coefficient (Wildman–Crippen LogP) is -0.353. The first-order valence-corrected chi connectivity index (χ1v) is 1.85. The van der Waals surface area contributed by atoms with Crippen molar-refractivity contribution < 1.29 is 4.79 Å². The molecule has 0 unspecified atom stereocenters.